The lowest BCUT2D eigenvalue weighted by atomic mass is 9.53. The highest BCUT2D eigenvalue weighted by molar-refractivity contribution is 7.11. The van der Waals surface area contributed by atoms with Crippen molar-refractivity contribution >= 4 is 23.2 Å². The molecule has 6 atom stereocenters. The molecule has 0 bridgehead atoms. The van der Waals surface area contributed by atoms with Crippen LogP contribution >= 0.6 is 11.3 Å². The molecule has 0 spiro atoms. The van der Waals surface area contributed by atoms with E-state index in [1.54, 1.807) is 11.3 Å². The Bertz CT molecular complexity index is 919. The number of carbonyl (C=O) groups excluding carboxylic acids is 2. The van der Waals surface area contributed by atoms with Crippen LogP contribution < -0.4 is 0 Å². The normalized spacial score (nSPS) is 32.5. The molecule has 1 aromatic rings. The van der Waals surface area contributed by atoms with Gasteiger partial charge in [0.15, 0.2) is 0 Å². The summed E-state index contributed by atoms with van der Waals surface area (Å²) in [6, 6.07) is 0. The Labute approximate surface area is 207 Å². The number of ether oxygens (including phenoxy) is 2. The molecule has 1 aliphatic heterocycles. The van der Waals surface area contributed by atoms with E-state index in [0.717, 1.165) is 30.0 Å². The van der Waals surface area contributed by atoms with Gasteiger partial charge in [-0.05, 0) is 57.3 Å². The summed E-state index contributed by atoms with van der Waals surface area (Å²) in [7, 11) is 0. The molecule has 1 amide bonds. The predicted octanol–water partition coefficient (Wildman–Crippen LogP) is 3.78. The zero-order valence-electron chi connectivity index (χ0n) is 21.4. The number of aliphatic hydroxyl groups excluding tert-OH is 1. The van der Waals surface area contributed by atoms with Crippen molar-refractivity contribution in [1.82, 2.24) is 9.88 Å². The maximum Gasteiger partial charge on any atom is 0.311 e. The molecule has 0 unspecified atom stereocenters. The van der Waals surface area contributed by atoms with Crippen LogP contribution in [0.25, 0.3) is 0 Å². The Balaban J connectivity index is 1.50. The van der Waals surface area contributed by atoms with E-state index in [1.165, 1.54) is 4.88 Å². The fourth-order valence-corrected chi connectivity index (χ4v) is 7.54. The minimum atomic E-state index is -0.550. The average Bonchev–Trinajstić information content (AvgIpc) is 3.19. The van der Waals surface area contributed by atoms with Crippen LogP contribution in [-0.4, -0.2) is 59.3 Å². The van der Waals surface area contributed by atoms with Gasteiger partial charge in [0.2, 0.25) is 5.91 Å². The zero-order chi connectivity index (χ0) is 24.8. The second kappa shape index (κ2) is 9.51. The van der Waals surface area contributed by atoms with Gasteiger partial charge in [0, 0.05) is 29.8 Å². The van der Waals surface area contributed by atoms with E-state index in [9.17, 15) is 14.7 Å². The third-order valence-corrected chi connectivity index (χ3v) is 9.30. The van der Waals surface area contributed by atoms with Gasteiger partial charge in [0.25, 0.3) is 0 Å². The van der Waals surface area contributed by atoms with Crippen molar-refractivity contribution in [3.05, 3.63) is 15.6 Å². The number of morpholine rings is 1. The summed E-state index contributed by atoms with van der Waals surface area (Å²) in [5.74, 6) is -0.230. The Morgan fingerprint density at radius 3 is 2.65 bits per heavy atom. The van der Waals surface area contributed by atoms with Gasteiger partial charge in [-0.1, -0.05) is 20.8 Å². The molecular formula is C26H40N2O5S. The van der Waals surface area contributed by atoms with Gasteiger partial charge in [-0.15, -0.1) is 11.3 Å². The van der Waals surface area contributed by atoms with Crippen LogP contribution in [0.2, 0.25) is 0 Å². The van der Waals surface area contributed by atoms with Crippen molar-refractivity contribution in [3.63, 3.8) is 0 Å². The monoisotopic (exact) mass is 492 g/mol. The summed E-state index contributed by atoms with van der Waals surface area (Å²) in [5.41, 5.74) is 0.456. The molecule has 4 rings (SSSR count). The number of nitrogens with zero attached hydrogens (tertiary/aromatic N) is 2. The second-order valence-electron chi connectivity index (χ2n) is 11.8. The molecule has 190 valence electrons. The minimum absolute atomic E-state index is 0.0318. The first kappa shape index (κ1) is 25.6. The molecule has 7 nitrogen and oxygen atoms in total. The molecule has 3 aliphatic rings. The lowest BCUT2D eigenvalue weighted by molar-refractivity contribution is -0.154. The molecule has 2 aliphatic carbocycles. The zero-order valence-corrected chi connectivity index (χ0v) is 22.2. The van der Waals surface area contributed by atoms with Crippen molar-refractivity contribution in [3.8, 4) is 0 Å². The summed E-state index contributed by atoms with van der Waals surface area (Å²) in [6.07, 6.45) is 2.15. The Hall–Kier alpha value is -1.51. The number of aromatic nitrogens is 1. The summed E-state index contributed by atoms with van der Waals surface area (Å²) in [4.78, 5) is 33.4. The van der Waals surface area contributed by atoms with Gasteiger partial charge in [0.05, 0.1) is 30.4 Å². The molecule has 1 saturated heterocycles. The van der Waals surface area contributed by atoms with E-state index in [1.807, 2.05) is 32.6 Å². The van der Waals surface area contributed by atoms with E-state index in [0.29, 0.717) is 26.3 Å². The largest absolute Gasteiger partial charge is 0.458 e. The minimum Gasteiger partial charge on any atom is -0.458 e. The molecule has 34 heavy (non-hydrogen) atoms. The van der Waals surface area contributed by atoms with E-state index >= 15 is 0 Å². The Morgan fingerprint density at radius 1 is 1.32 bits per heavy atom. The number of esters is 1. The van der Waals surface area contributed by atoms with Gasteiger partial charge in [0.1, 0.15) is 11.6 Å². The highest BCUT2D eigenvalue weighted by Gasteiger charge is 2.54. The first-order chi connectivity index (χ1) is 15.9. The van der Waals surface area contributed by atoms with E-state index in [2.05, 4.69) is 13.8 Å². The van der Waals surface area contributed by atoms with Crippen molar-refractivity contribution in [1.29, 1.82) is 0 Å². The van der Waals surface area contributed by atoms with Gasteiger partial charge in [-0.2, -0.15) is 0 Å². The quantitative estimate of drug-likeness (QED) is 0.644. The molecule has 1 saturated carbocycles. The molecular weight excluding hydrogens is 452 g/mol. The van der Waals surface area contributed by atoms with E-state index in [4.69, 9.17) is 14.5 Å². The lowest BCUT2D eigenvalue weighted by Gasteiger charge is -2.53. The summed E-state index contributed by atoms with van der Waals surface area (Å²) in [5, 5.41) is 12.4. The summed E-state index contributed by atoms with van der Waals surface area (Å²) < 4.78 is 10.9. The number of carbonyl (C=O) groups is 2. The van der Waals surface area contributed by atoms with Crippen molar-refractivity contribution in [2.45, 2.75) is 79.4 Å². The van der Waals surface area contributed by atoms with Gasteiger partial charge in [-0.25, -0.2) is 4.98 Å². The van der Waals surface area contributed by atoms with Crippen LogP contribution in [0.1, 0.15) is 75.9 Å². The van der Waals surface area contributed by atoms with Crippen LogP contribution in [-0.2, 0) is 32.1 Å². The molecule has 8 heteroatoms. The van der Waals surface area contributed by atoms with Crippen LogP contribution in [0.5, 0.6) is 0 Å². The average molecular weight is 493 g/mol. The predicted molar refractivity (Wildman–Crippen MR) is 130 cm³/mol. The summed E-state index contributed by atoms with van der Waals surface area (Å²) >= 11 is 1.64. The molecule has 2 fully saturated rings. The van der Waals surface area contributed by atoms with Crippen molar-refractivity contribution in [2.24, 2.45) is 28.6 Å². The van der Waals surface area contributed by atoms with Crippen molar-refractivity contribution in [2.75, 3.05) is 26.3 Å². The lowest BCUT2D eigenvalue weighted by Crippen LogP contribution is -2.54. The number of rotatable bonds is 4. The third-order valence-electron chi connectivity index (χ3n) is 8.26. The molecule has 1 N–H and O–H groups in total. The van der Waals surface area contributed by atoms with Gasteiger partial charge in [-0.3, -0.25) is 9.59 Å². The van der Waals surface area contributed by atoms with Gasteiger partial charge >= 0.3 is 5.97 Å². The number of hydrogen-bond acceptors (Lipinski definition) is 7. The number of aliphatic hydroxyl groups is 1. The number of amides is 1. The Kier molecular flexibility index (Phi) is 7.15. The highest BCUT2D eigenvalue weighted by atomic mass is 32.1. The van der Waals surface area contributed by atoms with Gasteiger partial charge < -0.3 is 19.5 Å². The third kappa shape index (κ3) is 4.78. The number of thiazole rings is 1. The molecule has 0 radical (unpaired) electrons. The standard InChI is InChI=1S/C26H40N2O5S/c1-15(23(30)28-9-11-32-12-10-28)17-7-8-26(6)13-18-21(16(2)20(26)22(17)29)27-19(34-18)14-33-24(31)25(3,4)5/h15-17,20,22,29H,7-14H2,1-6H3/t15-,16+,17-,20+,22-,26+/m0/s1. The molecule has 2 heterocycles. The fourth-order valence-electron chi connectivity index (χ4n) is 6.26. The van der Waals surface area contributed by atoms with E-state index in [-0.39, 0.29) is 47.6 Å². The maximum atomic E-state index is 13.2. The van der Waals surface area contributed by atoms with Crippen LogP contribution in [0.15, 0.2) is 0 Å². The molecule has 1 aromatic heterocycles. The maximum absolute atomic E-state index is 13.2. The number of fused-ring (bicyclic) bond motifs is 2. The number of hydrogen-bond donors (Lipinski definition) is 1. The Morgan fingerprint density at radius 2 is 2.00 bits per heavy atom. The van der Waals surface area contributed by atoms with Crippen LogP contribution in [0.3, 0.4) is 0 Å². The first-order valence-electron chi connectivity index (χ1n) is 12.6. The topological polar surface area (TPSA) is 89.0 Å². The summed E-state index contributed by atoms with van der Waals surface area (Å²) in [6.45, 7) is 14.6. The van der Waals surface area contributed by atoms with Crippen LogP contribution in [0.4, 0.5) is 0 Å². The molecule has 0 aromatic carbocycles. The highest BCUT2D eigenvalue weighted by Crippen LogP contribution is 2.57. The van der Waals surface area contributed by atoms with E-state index < -0.39 is 11.5 Å². The van der Waals surface area contributed by atoms with Crippen LogP contribution in [0, 0.1) is 28.6 Å². The first-order valence-corrected chi connectivity index (χ1v) is 13.4. The smallest absolute Gasteiger partial charge is 0.311 e. The fraction of sp³-hybridized carbons (Fsp3) is 0.808. The van der Waals surface area contributed by atoms with Crippen molar-refractivity contribution < 1.29 is 24.2 Å². The SMILES string of the molecule is C[C@H](C(=O)N1CCOCC1)[C@@H]1CC[C@]2(C)Cc3sc(COC(=O)C(C)(C)C)nc3[C@H](C)[C@@H]2[C@H]1O. The second-order valence-corrected chi connectivity index (χ2v) is 13.0.